The van der Waals surface area contributed by atoms with Crippen LogP contribution in [0.4, 0.5) is 0 Å². The Morgan fingerprint density at radius 3 is 2.52 bits per heavy atom. The predicted octanol–water partition coefficient (Wildman–Crippen LogP) is 2.52. The molecule has 6 heteroatoms. The van der Waals surface area contributed by atoms with E-state index in [0.29, 0.717) is 23.4 Å². The first-order valence-corrected chi connectivity index (χ1v) is 8.41. The Balaban J connectivity index is 1.82. The molecule has 0 amide bonds. The highest BCUT2D eigenvalue weighted by molar-refractivity contribution is 6.00. The SMILES string of the molecule is COc1ccc(Cn2cnc3c(C(=O)[O-])cc(-c4ccccc4)nc32)cc1. The number of aromatic nitrogens is 3. The normalized spacial score (nSPS) is 10.9. The quantitative estimate of drug-likeness (QED) is 0.548. The lowest BCUT2D eigenvalue weighted by atomic mass is 10.1. The molecule has 0 atom stereocenters. The zero-order chi connectivity index (χ0) is 18.8. The molecule has 0 aliphatic heterocycles. The van der Waals surface area contributed by atoms with E-state index in [1.807, 2.05) is 59.2 Å². The van der Waals surface area contributed by atoms with E-state index in [-0.39, 0.29) is 5.56 Å². The van der Waals surface area contributed by atoms with Crippen LogP contribution in [0.15, 0.2) is 67.0 Å². The number of aromatic carboxylic acids is 1. The molecule has 6 nitrogen and oxygen atoms in total. The molecule has 2 aromatic heterocycles. The van der Waals surface area contributed by atoms with Crippen LogP contribution in [0.25, 0.3) is 22.4 Å². The molecule has 134 valence electrons. The maximum Gasteiger partial charge on any atom is 0.161 e. The minimum absolute atomic E-state index is 0.0346. The number of hydrogen-bond acceptors (Lipinski definition) is 5. The lowest BCUT2D eigenvalue weighted by molar-refractivity contribution is -0.254. The summed E-state index contributed by atoms with van der Waals surface area (Å²) in [5.74, 6) is -0.493. The van der Waals surface area contributed by atoms with Crippen molar-refractivity contribution >= 4 is 17.1 Å². The molecule has 0 aliphatic rings. The van der Waals surface area contributed by atoms with Gasteiger partial charge in [-0.25, -0.2) is 9.97 Å². The van der Waals surface area contributed by atoms with Crippen LogP contribution in [0.3, 0.4) is 0 Å². The van der Waals surface area contributed by atoms with Gasteiger partial charge >= 0.3 is 0 Å². The number of rotatable bonds is 5. The molecule has 0 N–H and O–H groups in total. The molecule has 4 rings (SSSR count). The molecule has 2 heterocycles. The molecular formula is C21H16N3O3-. The number of benzene rings is 2. The lowest BCUT2D eigenvalue weighted by Crippen LogP contribution is -2.23. The fourth-order valence-electron chi connectivity index (χ4n) is 2.99. The Morgan fingerprint density at radius 2 is 1.85 bits per heavy atom. The Hall–Kier alpha value is -3.67. The number of hydrogen-bond donors (Lipinski definition) is 0. The van der Waals surface area contributed by atoms with Crippen molar-refractivity contribution in [3.05, 3.63) is 78.1 Å². The molecule has 0 radical (unpaired) electrons. The predicted molar refractivity (Wildman–Crippen MR) is 99.4 cm³/mol. The number of ether oxygens (including phenoxy) is 1. The average molecular weight is 358 g/mol. The Morgan fingerprint density at radius 1 is 1.11 bits per heavy atom. The van der Waals surface area contributed by atoms with Gasteiger partial charge < -0.3 is 19.2 Å². The summed E-state index contributed by atoms with van der Waals surface area (Å²) in [7, 11) is 1.62. The molecular weight excluding hydrogens is 342 g/mol. The number of fused-ring (bicyclic) bond motifs is 1. The second-order valence-electron chi connectivity index (χ2n) is 6.10. The van der Waals surface area contributed by atoms with Gasteiger partial charge in [-0.1, -0.05) is 42.5 Å². The van der Waals surface area contributed by atoms with E-state index < -0.39 is 5.97 Å². The van der Waals surface area contributed by atoms with Crippen molar-refractivity contribution in [3.63, 3.8) is 0 Å². The summed E-state index contributed by atoms with van der Waals surface area (Å²) in [4.78, 5) is 20.6. The summed E-state index contributed by atoms with van der Waals surface area (Å²) in [6.07, 6.45) is 1.60. The third-order valence-corrected chi connectivity index (χ3v) is 4.37. The maximum atomic E-state index is 11.6. The molecule has 0 bridgehead atoms. The number of pyridine rings is 1. The van der Waals surface area contributed by atoms with Crippen LogP contribution in [-0.4, -0.2) is 27.6 Å². The standard InChI is InChI=1S/C21H17N3O3/c1-27-16-9-7-14(8-10-16)12-24-13-22-19-17(21(25)26)11-18(23-20(19)24)15-5-3-2-4-6-15/h2-11,13H,12H2,1H3,(H,25,26)/p-1. The van der Waals surface area contributed by atoms with Gasteiger partial charge in [-0.2, -0.15) is 0 Å². The van der Waals surface area contributed by atoms with E-state index in [9.17, 15) is 9.90 Å². The fraction of sp³-hybridized carbons (Fsp3) is 0.0952. The molecule has 0 spiro atoms. The topological polar surface area (TPSA) is 80.1 Å². The van der Waals surface area contributed by atoms with Gasteiger partial charge in [0.25, 0.3) is 0 Å². The molecule has 0 aliphatic carbocycles. The third-order valence-electron chi connectivity index (χ3n) is 4.37. The molecule has 0 unspecified atom stereocenters. The minimum atomic E-state index is -1.27. The minimum Gasteiger partial charge on any atom is -0.545 e. The fourth-order valence-corrected chi connectivity index (χ4v) is 2.99. The molecule has 0 saturated heterocycles. The first-order chi connectivity index (χ1) is 13.2. The van der Waals surface area contributed by atoms with Crippen LogP contribution >= 0.6 is 0 Å². The highest BCUT2D eigenvalue weighted by Gasteiger charge is 2.14. The van der Waals surface area contributed by atoms with Crippen LogP contribution < -0.4 is 9.84 Å². The van der Waals surface area contributed by atoms with E-state index in [4.69, 9.17) is 4.74 Å². The number of carboxylic acid groups (broad SMARTS) is 1. The van der Waals surface area contributed by atoms with Crippen molar-refractivity contribution < 1.29 is 14.6 Å². The van der Waals surface area contributed by atoms with Crippen LogP contribution in [-0.2, 0) is 6.54 Å². The Labute approximate surface area is 155 Å². The first kappa shape index (κ1) is 16.8. The smallest absolute Gasteiger partial charge is 0.161 e. The van der Waals surface area contributed by atoms with E-state index in [0.717, 1.165) is 16.9 Å². The number of methoxy groups -OCH3 is 1. The second-order valence-corrected chi connectivity index (χ2v) is 6.10. The van der Waals surface area contributed by atoms with Crippen molar-refractivity contribution in [2.75, 3.05) is 7.11 Å². The van der Waals surface area contributed by atoms with Crippen molar-refractivity contribution in [1.82, 2.24) is 14.5 Å². The van der Waals surface area contributed by atoms with Crippen molar-refractivity contribution in [2.45, 2.75) is 6.54 Å². The van der Waals surface area contributed by atoms with Crippen LogP contribution in [0.2, 0.25) is 0 Å². The maximum absolute atomic E-state index is 11.6. The summed E-state index contributed by atoms with van der Waals surface area (Å²) >= 11 is 0. The molecule has 0 fully saturated rings. The van der Waals surface area contributed by atoms with Crippen LogP contribution in [0.1, 0.15) is 15.9 Å². The van der Waals surface area contributed by atoms with Gasteiger partial charge in [0.15, 0.2) is 5.65 Å². The van der Waals surface area contributed by atoms with Crippen molar-refractivity contribution in [1.29, 1.82) is 0 Å². The highest BCUT2D eigenvalue weighted by atomic mass is 16.5. The van der Waals surface area contributed by atoms with Gasteiger partial charge in [-0.05, 0) is 23.8 Å². The van der Waals surface area contributed by atoms with E-state index in [1.165, 1.54) is 6.07 Å². The first-order valence-electron chi connectivity index (χ1n) is 8.41. The lowest BCUT2D eigenvalue weighted by Gasteiger charge is -2.10. The van der Waals surface area contributed by atoms with E-state index >= 15 is 0 Å². The zero-order valence-corrected chi connectivity index (χ0v) is 14.6. The molecule has 0 saturated carbocycles. The van der Waals surface area contributed by atoms with Gasteiger partial charge in [-0.3, -0.25) is 0 Å². The number of carbonyl (C=O) groups is 1. The summed E-state index contributed by atoms with van der Waals surface area (Å²) in [5.41, 5.74) is 3.29. The van der Waals surface area contributed by atoms with E-state index in [1.54, 1.807) is 13.4 Å². The number of imidazole rings is 1. The monoisotopic (exact) mass is 358 g/mol. The average Bonchev–Trinajstić information content (AvgIpc) is 3.11. The zero-order valence-electron chi connectivity index (χ0n) is 14.6. The summed E-state index contributed by atoms with van der Waals surface area (Å²) in [5, 5.41) is 11.6. The van der Waals surface area contributed by atoms with Gasteiger partial charge in [0.2, 0.25) is 0 Å². The van der Waals surface area contributed by atoms with Gasteiger partial charge in [0, 0.05) is 11.1 Å². The van der Waals surface area contributed by atoms with Gasteiger partial charge in [-0.15, -0.1) is 0 Å². The number of nitrogens with zero attached hydrogens (tertiary/aromatic N) is 3. The van der Waals surface area contributed by atoms with Crippen molar-refractivity contribution in [3.8, 4) is 17.0 Å². The second kappa shape index (κ2) is 6.92. The Bertz CT molecular complexity index is 1100. The van der Waals surface area contributed by atoms with Crippen LogP contribution in [0.5, 0.6) is 5.75 Å². The number of carboxylic acids is 1. The molecule has 4 aromatic rings. The highest BCUT2D eigenvalue weighted by Crippen LogP contribution is 2.24. The number of carbonyl (C=O) groups excluding carboxylic acids is 1. The van der Waals surface area contributed by atoms with Gasteiger partial charge in [0.05, 0.1) is 31.6 Å². The molecule has 2 aromatic carbocycles. The third kappa shape index (κ3) is 3.25. The van der Waals surface area contributed by atoms with Crippen LogP contribution in [0, 0.1) is 0 Å². The van der Waals surface area contributed by atoms with Crippen molar-refractivity contribution in [2.24, 2.45) is 0 Å². The van der Waals surface area contributed by atoms with Gasteiger partial charge in [0.1, 0.15) is 11.3 Å². The molecule has 27 heavy (non-hydrogen) atoms. The summed E-state index contributed by atoms with van der Waals surface area (Å²) in [6.45, 7) is 0.512. The van der Waals surface area contributed by atoms with E-state index in [2.05, 4.69) is 9.97 Å². The summed E-state index contributed by atoms with van der Waals surface area (Å²) < 4.78 is 7.01. The summed E-state index contributed by atoms with van der Waals surface area (Å²) in [6, 6.07) is 18.6. The Kier molecular flexibility index (Phi) is 4.30. The largest absolute Gasteiger partial charge is 0.545 e.